The quantitative estimate of drug-likeness (QED) is 0.610. The van der Waals surface area contributed by atoms with Crippen LogP contribution in [-0.4, -0.2) is 34.9 Å². The lowest BCUT2D eigenvalue weighted by atomic mass is 10.1. The van der Waals surface area contributed by atoms with Gasteiger partial charge in [0, 0.05) is 35.7 Å². The SMILES string of the molecule is Cc1ccc(Sc2ccc(C(=O)N3CCCC(N)C3)cc2[N+](=O)[O-])cc1.Cl. The maximum absolute atomic E-state index is 12.7. The van der Waals surface area contributed by atoms with Crippen LogP contribution in [0.2, 0.25) is 0 Å². The molecule has 1 heterocycles. The van der Waals surface area contributed by atoms with Crippen molar-refractivity contribution in [2.45, 2.75) is 35.6 Å². The van der Waals surface area contributed by atoms with Gasteiger partial charge in [0.15, 0.2) is 0 Å². The number of nitrogens with zero attached hydrogens (tertiary/aromatic N) is 2. The van der Waals surface area contributed by atoms with E-state index in [-0.39, 0.29) is 30.0 Å². The number of amides is 1. The molecule has 1 unspecified atom stereocenters. The van der Waals surface area contributed by atoms with Gasteiger partial charge in [0.2, 0.25) is 0 Å². The van der Waals surface area contributed by atoms with E-state index in [1.165, 1.54) is 17.8 Å². The molecule has 8 heteroatoms. The first-order valence-corrected chi connectivity index (χ1v) is 9.33. The number of likely N-dealkylation sites (tertiary alicyclic amines) is 1. The summed E-state index contributed by atoms with van der Waals surface area (Å²) in [5, 5.41) is 11.5. The number of hydrogen-bond acceptors (Lipinski definition) is 5. The standard InChI is InChI=1S/C19H21N3O3S.ClH/c1-13-4-7-16(8-5-13)26-18-9-6-14(11-17(18)22(24)25)19(23)21-10-2-3-15(20)12-21;/h4-9,11,15H,2-3,10,12,20H2,1H3;1H. The third-order valence-electron chi connectivity index (χ3n) is 4.40. The predicted octanol–water partition coefficient (Wildman–Crippen LogP) is 4.04. The van der Waals surface area contributed by atoms with Crippen LogP contribution in [0.1, 0.15) is 28.8 Å². The van der Waals surface area contributed by atoms with Crippen molar-refractivity contribution in [3.05, 3.63) is 63.7 Å². The average molecular weight is 408 g/mol. The number of rotatable bonds is 4. The second-order valence-corrected chi connectivity index (χ2v) is 7.62. The Labute approximate surface area is 168 Å². The van der Waals surface area contributed by atoms with E-state index in [9.17, 15) is 14.9 Å². The van der Waals surface area contributed by atoms with E-state index in [0.29, 0.717) is 23.5 Å². The Balaban J connectivity index is 0.00000261. The minimum atomic E-state index is -0.435. The molecule has 0 radical (unpaired) electrons. The number of benzene rings is 2. The van der Waals surface area contributed by atoms with Gasteiger partial charge in [-0.1, -0.05) is 29.5 Å². The van der Waals surface area contributed by atoms with E-state index in [4.69, 9.17) is 5.73 Å². The van der Waals surface area contributed by atoms with Crippen molar-refractivity contribution in [2.75, 3.05) is 13.1 Å². The summed E-state index contributed by atoms with van der Waals surface area (Å²) in [4.78, 5) is 26.9. The van der Waals surface area contributed by atoms with Crippen LogP contribution >= 0.6 is 24.2 Å². The van der Waals surface area contributed by atoms with Gasteiger partial charge in [0.25, 0.3) is 11.6 Å². The Morgan fingerprint density at radius 1 is 1.26 bits per heavy atom. The first-order chi connectivity index (χ1) is 12.4. The molecule has 1 aliphatic heterocycles. The smallest absolute Gasteiger partial charge is 0.284 e. The van der Waals surface area contributed by atoms with E-state index < -0.39 is 4.92 Å². The van der Waals surface area contributed by atoms with Crippen molar-refractivity contribution < 1.29 is 9.72 Å². The van der Waals surface area contributed by atoms with Crippen LogP contribution in [0.3, 0.4) is 0 Å². The third kappa shape index (κ3) is 5.22. The average Bonchev–Trinajstić information content (AvgIpc) is 2.63. The number of piperidine rings is 1. The highest BCUT2D eigenvalue weighted by Gasteiger charge is 2.25. The molecule has 3 rings (SSSR count). The van der Waals surface area contributed by atoms with Crippen molar-refractivity contribution in [2.24, 2.45) is 5.73 Å². The molecule has 27 heavy (non-hydrogen) atoms. The summed E-state index contributed by atoms with van der Waals surface area (Å²) in [6.45, 7) is 3.12. The van der Waals surface area contributed by atoms with Crippen molar-refractivity contribution in [3.63, 3.8) is 0 Å². The molecule has 1 saturated heterocycles. The summed E-state index contributed by atoms with van der Waals surface area (Å²) in [5.74, 6) is -0.199. The molecule has 144 valence electrons. The highest BCUT2D eigenvalue weighted by Crippen LogP contribution is 2.35. The monoisotopic (exact) mass is 407 g/mol. The van der Waals surface area contributed by atoms with E-state index in [1.54, 1.807) is 17.0 Å². The third-order valence-corrected chi connectivity index (χ3v) is 5.47. The molecular formula is C19H22ClN3O3S. The van der Waals surface area contributed by atoms with Crippen LogP contribution in [0.4, 0.5) is 5.69 Å². The van der Waals surface area contributed by atoms with E-state index in [2.05, 4.69) is 0 Å². The Kier molecular flexibility index (Phi) is 7.24. The fraction of sp³-hybridized carbons (Fsp3) is 0.316. The second-order valence-electron chi connectivity index (χ2n) is 6.51. The van der Waals surface area contributed by atoms with Gasteiger partial charge >= 0.3 is 0 Å². The maximum Gasteiger partial charge on any atom is 0.284 e. The Bertz CT molecular complexity index is 829. The zero-order valence-electron chi connectivity index (χ0n) is 15.0. The molecule has 1 atom stereocenters. The number of aryl methyl sites for hydroxylation is 1. The van der Waals surface area contributed by atoms with E-state index in [0.717, 1.165) is 23.3 Å². The number of halogens is 1. The van der Waals surface area contributed by atoms with Crippen molar-refractivity contribution in [1.29, 1.82) is 0 Å². The molecule has 1 fully saturated rings. The largest absolute Gasteiger partial charge is 0.337 e. The normalized spacial score (nSPS) is 16.5. The number of nitro groups is 1. The summed E-state index contributed by atoms with van der Waals surface area (Å²) in [6, 6.07) is 12.4. The molecule has 2 N–H and O–H groups in total. The molecule has 0 aromatic heterocycles. The van der Waals surface area contributed by atoms with Crippen LogP contribution in [-0.2, 0) is 0 Å². The minimum absolute atomic E-state index is 0. The lowest BCUT2D eigenvalue weighted by Crippen LogP contribution is -2.45. The Hall–Kier alpha value is -2.09. The molecule has 6 nitrogen and oxygen atoms in total. The van der Waals surface area contributed by atoms with Gasteiger partial charge in [0.1, 0.15) is 0 Å². The molecule has 0 saturated carbocycles. The summed E-state index contributed by atoms with van der Waals surface area (Å²) in [7, 11) is 0. The van der Waals surface area contributed by atoms with Gasteiger partial charge in [-0.2, -0.15) is 0 Å². The molecule has 1 aliphatic rings. The van der Waals surface area contributed by atoms with Crippen molar-refractivity contribution in [3.8, 4) is 0 Å². The topological polar surface area (TPSA) is 89.5 Å². The number of nitrogens with two attached hydrogens (primary N) is 1. The first-order valence-electron chi connectivity index (χ1n) is 8.52. The highest BCUT2D eigenvalue weighted by atomic mass is 35.5. The van der Waals surface area contributed by atoms with Crippen LogP contribution < -0.4 is 5.73 Å². The minimum Gasteiger partial charge on any atom is -0.337 e. The fourth-order valence-electron chi connectivity index (χ4n) is 2.99. The highest BCUT2D eigenvalue weighted by molar-refractivity contribution is 7.99. The zero-order chi connectivity index (χ0) is 18.7. The first kappa shape index (κ1) is 21.2. The van der Waals surface area contributed by atoms with Crippen LogP contribution in [0.15, 0.2) is 52.3 Å². The molecule has 2 aromatic rings. The summed E-state index contributed by atoms with van der Waals surface area (Å²) < 4.78 is 0. The van der Waals surface area contributed by atoms with Crippen molar-refractivity contribution >= 4 is 35.8 Å². The molecular weight excluding hydrogens is 386 g/mol. The van der Waals surface area contributed by atoms with Crippen LogP contribution in [0.5, 0.6) is 0 Å². The van der Waals surface area contributed by atoms with Gasteiger partial charge in [-0.25, -0.2) is 0 Å². The molecule has 0 spiro atoms. The zero-order valence-corrected chi connectivity index (χ0v) is 16.6. The summed E-state index contributed by atoms with van der Waals surface area (Å²) in [6.07, 6.45) is 1.76. The lowest BCUT2D eigenvalue weighted by Gasteiger charge is -2.30. The maximum atomic E-state index is 12.7. The predicted molar refractivity (Wildman–Crippen MR) is 109 cm³/mol. The molecule has 2 aromatic carbocycles. The summed E-state index contributed by atoms with van der Waals surface area (Å²) in [5.41, 5.74) is 7.34. The number of carbonyl (C=O) groups is 1. The molecule has 1 amide bonds. The Morgan fingerprint density at radius 2 is 1.96 bits per heavy atom. The molecule has 0 bridgehead atoms. The lowest BCUT2D eigenvalue weighted by molar-refractivity contribution is -0.387. The van der Waals surface area contributed by atoms with Gasteiger partial charge in [-0.15, -0.1) is 12.4 Å². The van der Waals surface area contributed by atoms with Gasteiger partial charge in [0.05, 0.1) is 9.82 Å². The van der Waals surface area contributed by atoms with E-state index in [1.807, 2.05) is 31.2 Å². The van der Waals surface area contributed by atoms with Gasteiger partial charge in [-0.3, -0.25) is 14.9 Å². The van der Waals surface area contributed by atoms with Crippen LogP contribution in [0, 0.1) is 17.0 Å². The number of nitro benzene ring substituents is 1. The van der Waals surface area contributed by atoms with E-state index >= 15 is 0 Å². The van der Waals surface area contributed by atoms with Gasteiger partial charge < -0.3 is 10.6 Å². The van der Waals surface area contributed by atoms with Crippen molar-refractivity contribution in [1.82, 2.24) is 4.90 Å². The number of hydrogen-bond donors (Lipinski definition) is 1. The summed E-state index contributed by atoms with van der Waals surface area (Å²) >= 11 is 1.32. The second kappa shape index (κ2) is 9.21. The van der Waals surface area contributed by atoms with Crippen LogP contribution in [0.25, 0.3) is 0 Å². The number of carbonyl (C=O) groups excluding carboxylic acids is 1. The molecule has 0 aliphatic carbocycles. The Morgan fingerprint density at radius 3 is 2.59 bits per heavy atom. The van der Waals surface area contributed by atoms with Gasteiger partial charge in [-0.05, 0) is 44.0 Å². The fourth-order valence-corrected chi connectivity index (χ4v) is 3.89.